The Morgan fingerprint density at radius 2 is 1.93 bits per heavy atom. The summed E-state index contributed by atoms with van der Waals surface area (Å²) in [6, 6.07) is 11.7. The highest BCUT2D eigenvalue weighted by Crippen LogP contribution is 2.26. The molecule has 4 aromatic rings. The number of fused-ring (bicyclic) bond motifs is 1. The van der Waals surface area contributed by atoms with Gasteiger partial charge in [-0.25, -0.2) is 14.4 Å². The average Bonchev–Trinajstić information content (AvgIpc) is 2.93. The Balaban J connectivity index is 1.33. The third kappa shape index (κ3) is 6.73. The molecule has 12 heteroatoms. The molecule has 11 nitrogen and oxygen atoms in total. The van der Waals surface area contributed by atoms with Gasteiger partial charge >= 0.3 is 0 Å². The average molecular weight is 559 g/mol. The van der Waals surface area contributed by atoms with Crippen LogP contribution >= 0.6 is 0 Å². The van der Waals surface area contributed by atoms with Crippen LogP contribution in [0.2, 0.25) is 0 Å². The number of benzene rings is 2. The van der Waals surface area contributed by atoms with Crippen LogP contribution in [0, 0.1) is 5.82 Å². The topological polar surface area (TPSA) is 139 Å². The van der Waals surface area contributed by atoms with E-state index in [4.69, 9.17) is 0 Å². The predicted molar refractivity (Wildman–Crippen MR) is 157 cm³/mol. The van der Waals surface area contributed by atoms with Gasteiger partial charge in [-0.2, -0.15) is 4.98 Å². The van der Waals surface area contributed by atoms with E-state index >= 15 is 4.39 Å². The van der Waals surface area contributed by atoms with Crippen LogP contribution in [-0.4, -0.2) is 74.2 Å². The molecular weight excluding hydrogens is 527 g/mol. The molecule has 1 amide bonds. The first-order valence-corrected chi connectivity index (χ1v) is 13.2. The minimum absolute atomic E-state index is 0.154. The van der Waals surface area contributed by atoms with Crippen molar-refractivity contribution in [3.63, 3.8) is 0 Å². The van der Waals surface area contributed by atoms with Gasteiger partial charge in [0.15, 0.2) is 5.65 Å². The van der Waals surface area contributed by atoms with Crippen molar-refractivity contribution >= 4 is 40.0 Å². The Morgan fingerprint density at radius 1 is 1.15 bits per heavy atom. The lowest BCUT2D eigenvalue weighted by Crippen LogP contribution is -2.50. The maximum atomic E-state index is 15.1. The number of halogens is 1. The monoisotopic (exact) mass is 558 g/mol. The summed E-state index contributed by atoms with van der Waals surface area (Å²) in [7, 11) is 0. The molecule has 0 spiro atoms. The van der Waals surface area contributed by atoms with Crippen LogP contribution in [0.4, 0.5) is 27.4 Å². The van der Waals surface area contributed by atoms with Crippen molar-refractivity contribution < 1.29 is 14.3 Å². The van der Waals surface area contributed by atoms with Gasteiger partial charge in [0.05, 0.1) is 11.3 Å². The fraction of sp³-hybridized carbons (Fsp3) is 0.276. The van der Waals surface area contributed by atoms with Crippen molar-refractivity contribution in [2.75, 3.05) is 48.3 Å². The van der Waals surface area contributed by atoms with E-state index in [2.05, 4.69) is 42.0 Å². The maximum Gasteiger partial charge on any atom is 0.262 e. The van der Waals surface area contributed by atoms with Crippen LogP contribution in [0.25, 0.3) is 22.4 Å². The van der Waals surface area contributed by atoms with E-state index in [-0.39, 0.29) is 34.5 Å². The van der Waals surface area contributed by atoms with E-state index in [1.807, 2.05) is 4.90 Å². The number of amides is 1. The van der Waals surface area contributed by atoms with E-state index < -0.39 is 11.2 Å². The normalized spacial score (nSPS) is 14.2. The number of carbonyl (C=O) groups excluding carboxylic acids is 1. The van der Waals surface area contributed by atoms with Gasteiger partial charge in [0, 0.05) is 55.9 Å². The molecule has 0 radical (unpaired) electrons. The van der Waals surface area contributed by atoms with Crippen molar-refractivity contribution in [2.24, 2.45) is 0 Å². The van der Waals surface area contributed by atoms with E-state index in [0.29, 0.717) is 42.3 Å². The van der Waals surface area contributed by atoms with Gasteiger partial charge in [-0.1, -0.05) is 18.7 Å². The Hall–Kier alpha value is -4.68. The largest absolute Gasteiger partial charge is 0.389 e. The minimum Gasteiger partial charge on any atom is -0.389 e. The maximum absolute atomic E-state index is 15.1. The Labute approximate surface area is 235 Å². The van der Waals surface area contributed by atoms with Gasteiger partial charge < -0.3 is 25.6 Å². The first kappa shape index (κ1) is 27.9. The van der Waals surface area contributed by atoms with Gasteiger partial charge in [0.2, 0.25) is 11.9 Å². The molecule has 0 aliphatic carbocycles. The number of hydrogen-bond acceptors (Lipinski definition) is 9. The minimum atomic E-state index is -0.772. The first-order chi connectivity index (χ1) is 19.6. The van der Waals surface area contributed by atoms with Crippen molar-refractivity contribution in [3.8, 4) is 11.4 Å². The fourth-order valence-electron chi connectivity index (χ4n) is 4.73. The lowest BCUT2D eigenvalue weighted by atomic mass is 10.1. The summed E-state index contributed by atoms with van der Waals surface area (Å²) in [5.74, 6) is -0.326. The zero-order chi connectivity index (χ0) is 29.1. The number of rotatable bonds is 8. The van der Waals surface area contributed by atoms with Gasteiger partial charge in [0.1, 0.15) is 17.0 Å². The third-order valence-electron chi connectivity index (χ3n) is 6.58. The van der Waals surface area contributed by atoms with E-state index in [9.17, 15) is 14.7 Å². The SMILES string of the molecule is C=CC(=O)Nc1cccc(-c2nc3nc(Nc4ccc(N5CCN(CC(C)(C)O)CC5)c(F)c4)ncc3c(=O)[nH]2)c1. The van der Waals surface area contributed by atoms with Gasteiger partial charge in [-0.15, -0.1) is 0 Å². The summed E-state index contributed by atoms with van der Waals surface area (Å²) in [6.45, 7) is 10.3. The molecule has 2 aromatic carbocycles. The fourth-order valence-corrected chi connectivity index (χ4v) is 4.73. The molecule has 0 unspecified atom stereocenters. The van der Waals surface area contributed by atoms with Crippen LogP contribution < -0.4 is 21.1 Å². The summed E-state index contributed by atoms with van der Waals surface area (Å²) in [6.07, 6.45) is 2.52. The Morgan fingerprint density at radius 3 is 2.63 bits per heavy atom. The van der Waals surface area contributed by atoms with E-state index in [1.54, 1.807) is 50.2 Å². The van der Waals surface area contributed by atoms with E-state index in [0.717, 1.165) is 19.2 Å². The number of nitrogens with one attached hydrogen (secondary N) is 3. The summed E-state index contributed by atoms with van der Waals surface area (Å²) in [5, 5.41) is 15.9. The highest BCUT2D eigenvalue weighted by Gasteiger charge is 2.24. The third-order valence-corrected chi connectivity index (χ3v) is 6.58. The molecule has 0 saturated carbocycles. The molecule has 1 fully saturated rings. The van der Waals surface area contributed by atoms with Crippen LogP contribution in [0.15, 0.2) is 66.1 Å². The molecule has 1 aliphatic rings. The molecule has 0 atom stereocenters. The van der Waals surface area contributed by atoms with Gasteiger partial charge in [-0.3, -0.25) is 14.5 Å². The summed E-state index contributed by atoms with van der Waals surface area (Å²) >= 11 is 0. The number of anilines is 4. The lowest BCUT2D eigenvalue weighted by Gasteiger charge is -2.38. The van der Waals surface area contributed by atoms with Crippen LogP contribution in [0.5, 0.6) is 0 Å². The first-order valence-electron chi connectivity index (χ1n) is 13.2. The van der Waals surface area contributed by atoms with Crippen molar-refractivity contribution in [1.82, 2.24) is 24.8 Å². The number of aromatic nitrogens is 4. The van der Waals surface area contributed by atoms with Gasteiger partial charge in [0.25, 0.3) is 5.56 Å². The lowest BCUT2D eigenvalue weighted by molar-refractivity contribution is -0.111. The summed E-state index contributed by atoms with van der Waals surface area (Å²) in [5.41, 5.74) is 0.993. The molecule has 4 N–H and O–H groups in total. The van der Waals surface area contributed by atoms with Crippen molar-refractivity contribution in [2.45, 2.75) is 19.4 Å². The van der Waals surface area contributed by atoms with Gasteiger partial charge in [-0.05, 0) is 50.3 Å². The molecule has 3 heterocycles. The number of aromatic amines is 1. The zero-order valence-electron chi connectivity index (χ0n) is 22.8. The predicted octanol–water partition coefficient (Wildman–Crippen LogP) is 3.28. The number of nitrogens with zero attached hydrogens (tertiary/aromatic N) is 5. The summed E-state index contributed by atoms with van der Waals surface area (Å²) in [4.78, 5) is 44.3. The number of β-amino-alcohol motifs (C(OH)–C–C–N with tert-alkyl or cyclic N) is 1. The van der Waals surface area contributed by atoms with Crippen molar-refractivity contribution in [3.05, 3.63) is 77.5 Å². The molecule has 1 aliphatic heterocycles. The van der Waals surface area contributed by atoms with Crippen LogP contribution in [0.3, 0.4) is 0 Å². The highest BCUT2D eigenvalue weighted by atomic mass is 19.1. The second-order valence-corrected chi connectivity index (χ2v) is 10.5. The standard InChI is InChI=1S/C29H31FN8O3/c1-4-24(39)32-19-7-5-6-18(14-19)25-34-26-21(27(40)35-25)16-31-28(36-26)33-20-8-9-23(22(30)15-20)38-12-10-37(11-13-38)17-29(2,3)41/h4-9,14-16,41H,1,10-13,17H2,2-3H3,(H,32,39)(H2,31,33,34,35,36,40). The number of piperazine rings is 1. The number of H-pyrrole nitrogens is 1. The highest BCUT2D eigenvalue weighted by molar-refractivity contribution is 5.99. The van der Waals surface area contributed by atoms with Crippen LogP contribution in [0.1, 0.15) is 13.8 Å². The molecule has 5 rings (SSSR count). The van der Waals surface area contributed by atoms with Crippen molar-refractivity contribution in [1.29, 1.82) is 0 Å². The Kier molecular flexibility index (Phi) is 7.77. The molecular formula is C29H31FN8O3. The Bertz CT molecular complexity index is 1660. The second-order valence-electron chi connectivity index (χ2n) is 10.5. The summed E-state index contributed by atoms with van der Waals surface area (Å²) < 4.78 is 15.1. The molecule has 212 valence electrons. The molecule has 1 saturated heterocycles. The molecule has 2 aromatic heterocycles. The number of hydrogen-bond donors (Lipinski definition) is 4. The zero-order valence-corrected chi connectivity index (χ0v) is 22.8. The molecule has 41 heavy (non-hydrogen) atoms. The quantitative estimate of drug-likeness (QED) is 0.240. The number of carbonyl (C=O) groups is 1. The van der Waals surface area contributed by atoms with E-state index in [1.165, 1.54) is 12.3 Å². The molecule has 0 bridgehead atoms. The number of aliphatic hydroxyl groups is 1. The smallest absolute Gasteiger partial charge is 0.262 e. The second kappa shape index (κ2) is 11.4. The van der Waals surface area contributed by atoms with Crippen LogP contribution in [-0.2, 0) is 4.79 Å².